The third kappa shape index (κ3) is 2.26. The minimum atomic E-state index is -0.466. The van der Waals surface area contributed by atoms with Gasteiger partial charge in [-0.1, -0.05) is 30.3 Å². The van der Waals surface area contributed by atoms with E-state index >= 15 is 0 Å². The molecular weight excluding hydrogens is 230 g/mol. The van der Waals surface area contributed by atoms with Crippen molar-refractivity contribution in [3.05, 3.63) is 40.7 Å². The molecule has 88 valence electrons. The summed E-state index contributed by atoms with van der Waals surface area (Å²) in [5.41, 5.74) is 1.70. The zero-order valence-electron chi connectivity index (χ0n) is 9.60. The SMILES string of the molecule is OC1(Cc2nc(-c3ccccc3)cs2)CCC1. The van der Waals surface area contributed by atoms with Crippen molar-refractivity contribution in [3.63, 3.8) is 0 Å². The first-order valence-electron chi connectivity index (χ1n) is 5.97. The molecule has 3 heteroatoms. The Hall–Kier alpha value is -1.19. The highest BCUT2D eigenvalue weighted by atomic mass is 32.1. The lowest BCUT2D eigenvalue weighted by Crippen LogP contribution is -2.38. The fourth-order valence-corrected chi connectivity index (χ4v) is 3.12. The Morgan fingerprint density at radius 1 is 1.24 bits per heavy atom. The first-order valence-corrected chi connectivity index (χ1v) is 6.85. The number of aliphatic hydroxyl groups is 1. The van der Waals surface area contributed by atoms with Crippen LogP contribution in [0.5, 0.6) is 0 Å². The zero-order valence-corrected chi connectivity index (χ0v) is 10.4. The van der Waals surface area contributed by atoms with Crippen molar-refractivity contribution in [3.8, 4) is 11.3 Å². The second-order valence-corrected chi connectivity index (χ2v) is 5.69. The van der Waals surface area contributed by atoms with Crippen LogP contribution in [-0.2, 0) is 6.42 Å². The third-order valence-electron chi connectivity index (χ3n) is 3.39. The second kappa shape index (κ2) is 4.24. The lowest BCUT2D eigenvalue weighted by atomic mass is 9.78. The average molecular weight is 245 g/mol. The maximum absolute atomic E-state index is 10.1. The third-order valence-corrected chi connectivity index (χ3v) is 4.23. The molecule has 1 fully saturated rings. The summed E-state index contributed by atoms with van der Waals surface area (Å²) in [6.07, 6.45) is 3.71. The van der Waals surface area contributed by atoms with Crippen LogP contribution in [0.1, 0.15) is 24.3 Å². The molecular formula is C14H15NOS. The first kappa shape index (κ1) is 10.9. The summed E-state index contributed by atoms with van der Waals surface area (Å²) < 4.78 is 0. The quantitative estimate of drug-likeness (QED) is 0.900. The molecule has 0 aliphatic heterocycles. The van der Waals surface area contributed by atoms with E-state index in [-0.39, 0.29) is 0 Å². The maximum Gasteiger partial charge on any atom is 0.0961 e. The van der Waals surface area contributed by atoms with E-state index in [9.17, 15) is 5.11 Å². The number of benzene rings is 1. The Labute approximate surface area is 105 Å². The van der Waals surface area contributed by atoms with Crippen LogP contribution in [0.4, 0.5) is 0 Å². The fraction of sp³-hybridized carbons (Fsp3) is 0.357. The lowest BCUT2D eigenvalue weighted by molar-refractivity contribution is -0.0323. The molecule has 1 heterocycles. The minimum Gasteiger partial charge on any atom is -0.389 e. The molecule has 1 aliphatic rings. The van der Waals surface area contributed by atoms with E-state index in [1.54, 1.807) is 11.3 Å². The number of hydrogen-bond donors (Lipinski definition) is 1. The number of rotatable bonds is 3. The lowest BCUT2D eigenvalue weighted by Gasteiger charge is -2.35. The van der Waals surface area contributed by atoms with Crippen molar-refractivity contribution in [2.24, 2.45) is 0 Å². The summed E-state index contributed by atoms with van der Waals surface area (Å²) >= 11 is 1.65. The Kier molecular flexibility index (Phi) is 2.73. The van der Waals surface area contributed by atoms with E-state index in [4.69, 9.17) is 0 Å². The van der Waals surface area contributed by atoms with Gasteiger partial charge in [0.2, 0.25) is 0 Å². The molecule has 1 aromatic carbocycles. The molecule has 1 aromatic heterocycles. The van der Waals surface area contributed by atoms with Gasteiger partial charge >= 0.3 is 0 Å². The molecule has 0 atom stereocenters. The molecule has 0 amide bonds. The zero-order chi connectivity index (χ0) is 11.7. The first-order chi connectivity index (χ1) is 8.25. The molecule has 0 bridgehead atoms. The van der Waals surface area contributed by atoms with E-state index < -0.39 is 5.60 Å². The van der Waals surface area contributed by atoms with Crippen LogP contribution in [-0.4, -0.2) is 15.7 Å². The average Bonchev–Trinajstić information content (AvgIpc) is 2.77. The molecule has 0 spiro atoms. The van der Waals surface area contributed by atoms with Gasteiger partial charge < -0.3 is 5.11 Å². The van der Waals surface area contributed by atoms with Crippen LogP contribution in [0, 0.1) is 0 Å². The van der Waals surface area contributed by atoms with Crippen LogP contribution < -0.4 is 0 Å². The highest BCUT2D eigenvalue weighted by Gasteiger charge is 2.35. The van der Waals surface area contributed by atoms with Gasteiger partial charge in [-0.2, -0.15) is 0 Å². The molecule has 0 radical (unpaired) electrons. The smallest absolute Gasteiger partial charge is 0.0961 e. The van der Waals surface area contributed by atoms with Crippen molar-refractivity contribution in [2.45, 2.75) is 31.3 Å². The maximum atomic E-state index is 10.1. The highest BCUT2D eigenvalue weighted by Crippen LogP contribution is 2.36. The summed E-state index contributed by atoms with van der Waals surface area (Å²) in [4.78, 5) is 4.61. The normalized spacial score (nSPS) is 17.7. The number of nitrogens with zero attached hydrogens (tertiary/aromatic N) is 1. The van der Waals surface area contributed by atoms with E-state index in [0.717, 1.165) is 35.5 Å². The highest BCUT2D eigenvalue weighted by molar-refractivity contribution is 7.09. The standard InChI is InChI=1S/C14H15NOS/c16-14(7-4-8-14)9-13-15-12(10-17-13)11-5-2-1-3-6-11/h1-3,5-6,10,16H,4,7-9H2. The molecule has 3 rings (SSSR count). The van der Waals surface area contributed by atoms with Gasteiger partial charge in [0.05, 0.1) is 16.3 Å². The molecule has 17 heavy (non-hydrogen) atoms. The van der Waals surface area contributed by atoms with Gasteiger partial charge in [0.25, 0.3) is 0 Å². The van der Waals surface area contributed by atoms with Crippen molar-refractivity contribution in [1.29, 1.82) is 0 Å². The van der Waals surface area contributed by atoms with Gasteiger partial charge in [0, 0.05) is 17.4 Å². The van der Waals surface area contributed by atoms with Gasteiger partial charge in [-0.25, -0.2) is 4.98 Å². The number of aromatic nitrogens is 1. The van der Waals surface area contributed by atoms with Crippen LogP contribution >= 0.6 is 11.3 Å². The Bertz CT molecular complexity index is 502. The van der Waals surface area contributed by atoms with E-state index in [0.29, 0.717) is 6.42 Å². The summed E-state index contributed by atoms with van der Waals surface area (Å²) in [7, 11) is 0. The van der Waals surface area contributed by atoms with Crippen LogP contribution in [0.15, 0.2) is 35.7 Å². The van der Waals surface area contributed by atoms with Crippen molar-refractivity contribution < 1.29 is 5.11 Å². The molecule has 0 saturated heterocycles. The van der Waals surface area contributed by atoms with Crippen LogP contribution in [0.25, 0.3) is 11.3 Å². The van der Waals surface area contributed by atoms with Gasteiger partial charge in [0.1, 0.15) is 0 Å². The predicted octanol–water partition coefficient (Wildman–Crippen LogP) is 3.27. The summed E-state index contributed by atoms with van der Waals surface area (Å²) in [6, 6.07) is 10.2. The molecule has 1 N–H and O–H groups in total. The molecule has 2 nitrogen and oxygen atoms in total. The Morgan fingerprint density at radius 2 is 2.00 bits per heavy atom. The van der Waals surface area contributed by atoms with Gasteiger partial charge in [0.15, 0.2) is 0 Å². The molecule has 2 aromatic rings. The van der Waals surface area contributed by atoms with E-state index in [2.05, 4.69) is 22.5 Å². The topological polar surface area (TPSA) is 33.1 Å². The molecule has 0 unspecified atom stereocenters. The van der Waals surface area contributed by atoms with Crippen LogP contribution in [0.3, 0.4) is 0 Å². The fourth-order valence-electron chi connectivity index (χ4n) is 2.18. The molecule has 1 saturated carbocycles. The largest absolute Gasteiger partial charge is 0.389 e. The van der Waals surface area contributed by atoms with Crippen LogP contribution in [0.2, 0.25) is 0 Å². The van der Waals surface area contributed by atoms with Gasteiger partial charge in [-0.05, 0) is 19.3 Å². The molecule has 1 aliphatic carbocycles. The van der Waals surface area contributed by atoms with Crippen molar-refractivity contribution >= 4 is 11.3 Å². The van der Waals surface area contributed by atoms with Crippen molar-refractivity contribution in [2.75, 3.05) is 0 Å². The van der Waals surface area contributed by atoms with Gasteiger partial charge in [-0.15, -0.1) is 11.3 Å². The van der Waals surface area contributed by atoms with E-state index in [1.165, 1.54) is 0 Å². The minimum absolute atomic E-state index is 0.466. The van der Waals surface area contributed by atoms with Gasteiger partial charge in [-0.3, -0.25) is 0 Å². The summed E-state index contributed by atoms with van der Waals surface area (Å²) in [6.45, 7) is 0. The summed E-state index contributed by atoms with van der Waals surface area (Å²) in [5, 5.41) is 13.2. The summed E-state index contributed by atoms with van der Waals surface area (Å²) in [5.74, 6) is 0. The monoisotopic (exact) mass is 245 g/mol. The number of thiazole rings is 1. The predicted molar refractivity (Wildman–Crippen MR) is 70.1 cm³/mol. The van der Waals surface area contributed by atoms with Crippen molar-refractivity contribution in [1.82, 2.24) is 4.98 Å². The van der Waals surface area contributed by atoms with E-state index in [1.807, 2.05) is 18.2 Å². The Morgan fingerprint density at radius 3 is 2.65 bits per heavy atom. The second-order valence-electron chi connectivity index (χ2n) is 4.75. The Balaban J connectivity index is 1.79. The number of hydrogen-bond acceptors (Lipinski definition) is 3.